The summed E-state index contributed by atoms with van der Waals surface area (Å²) in [6.45, 7) is 2.07. The molecule has 1 fully saturated rings. The van der Waals surface area contributed by atoms with Gasteiger partial charge in [-0.05, 0) is 18.4 Å². The number of nitrogens with one attached hydrogen (secondary N) is 1. The first-order chi connectivity index (χ1) is 9.99. The molecule has 0 bridgehead atoms. The zero-order chi connectivity index (χ0) is 15.4. The van der Waals surface area contributed by atoms with Crippen LogP contribution in [0, 0.1) is 0 Å². The number of hydrogen-bond acceptors (Lipinski definition) is 5. The number of aliphatic carboxylic acids is 1. The van der Waals surface area contributed by atoms with Gasteiger partial charge in [0, 0.05) is 6.54 Å². The highest BCUT2D eigenvalue weighted by Crippen LogP contribution is 2.10. The van der Waals surface area contributed by atoms with Gasteiger partial charge in [0.2, 0.25) is 5.91 Å². The number of morpholine rings is 1. The van der Waals surface area contributed by atoms with E-state index < -0.39 is 18.1 Å². The maximum atomic E-state index is 12.2. The van der Waals surface area contributed by atoms with Crippen LogP contribution < -0.4 is 5.32 Å². The SMILES string of the molecule is CC(NC(=O)c1cccs1)C(=O)N1CCOC(C(=O)O)C1. The molecule has 1 aromatic rings. The first-order valence-corrected chi connectivity index (χ1v) is 7.34. The molecule has 2 atom stereocenters. The molecule has 0 radical (unpaired) electrons. The van der Waals surface area contributed by atoms with Crippen LogP contribution in [0.4, 0.5) is 0 Å². The van der Waals surface area contributed by atoms with Crippen molar-refractivity contribution in [3.63, 3.8) is 0 Å². The van der Waals surface area contributed by atoms with Crippen LogP contribution in [0.3, 0.4) is 0 Å². The van der Waals surface area contributed by atoms with Crippen LogP contribution in [0.2, 0.25) is 0 Å². The van der Waals surface area contributed by atoms with Crippen LogP contribution >= 0.6 is 11.3 Å². The minimum atomic E-state index is -1.09. The van der Waals surface area contributed by atoms with Gasteiger partial charge in [-0.15, -0.1) is 11.3 Å². The maximum Gasteiger partial charge on any atom is 0.334 e. The van der Waals surface area contributed by atoms with Gasteiger partial charge in [0.25, 0.3) is 5.91 Å². The van der Waals surface area contributed by atoms with Gasteiger partial charge in [0.1, 0.15) is 6.04 Å². The summed E-state index contributed by atoms with van der Waals surface area (Å²) >= 11 is 1.29. The highest BCUT2D eigenvalue weighted by atomic mass is 32.1. The van der Waals surface area contributed by atoms with E-state index in [1.807, 2.05) is 0 Å². The number of carbonyl (C=O) groups is 3. The maximum absolute atomic E-state index is 12.2. The van der Waals surface area contributed by atoms with Gasteiger partial charge in [0.15, 0.2) is 6.10 Å². The van der Waals surface area contributed by atoms with Gasteiger partial charge in [-0.2, -0.15) is 0 Å². The molecule has 2 N–H and O–H groups in total. The lowest BCUT2D eigenvalue weighted by Gasteiger charge is -2.32. The molecule has 1 saturated heterocycles. The van der Waals surface area contributed by atoms with E-state index in [2.05, 4.69) is 5.32 Å². The third-order valence-corrected chi connectivity index (χ3v) is 3.99. The monoisotopic (exact) mass is 312 g/mol. The van der Waals surface area contributed by atoms with E-state index >= 15 is 0 Å². The molecule has 0 aromatic carbocycles. The van der Waals surface area contributed by atoms with Crippen molar-refractivity contribution in [1.29, 1.82) is 0 Å². The van der Waals surface area contributed by atoms with E-state index in [0.29, 0.717) is 11.4 Å². The number of thiophene rings is 1. The zero-order valence-electron chi connectivity index (χ0n) is 11.4. The number of amides is 2. The van der Waals surface area contributed by atoms with Crippen molar-refractivity contribution in [2.45, 2.75) is 19.1 Å². The summed E-state index contributed by atoms with van der Waals surface area (Å²) in [6.07, 6.45) is -1.01. The average molecular weight is 312 g/mol. The summed E-state index contributed by atoms with van der Waals surface area (Å²) < 4.78 is 5.06. The molecule has 2 unspecified atom stereocenters. The van der Waals surface area contributed by atoms with Crippen molar-refractivity contribution < 1.29 is 24.2 Å². The summed E-state index contributed by atoms with van der Waals surface area (Å²) in [5.41, 5.74) is 0. The smallest absolute Gasteiger partial charge is 0.334 e. The lowest BCUT2D eigenvalue weighted by atomic mass is 10.2. The van der Waals surface area contributed by atoms with Gasteiger partial charge >= 0.3 is 5.97 Å². The van der Waals surface area contributed by atoms with Crippen LogP contribution in [0.5, 0.6) is 0 Å². The Balaban J connectivity index is 1.92. The molecule has 114 valence electrons. The molecule has 0 aliphatic carbocycles. The second-order valence-electron chi connectivity index (χ2n) is 4.65. The van der Waals surface area contributed by atoms with E-state index in [9.17, 15) is 14.4 Å². The van der Waals surface area contributed by atoms with Crippen LogP contribution in [-0.4, -0.2) is 59.6 Å². The van der Waals surface area contributed by atoms with Crippen molar-refractivity contribution in [3.8, 4) is 0 Å². The van der Waals surface area contributed by atoms with E-state index in [4.69, 9.17) is 9.84 Å². The molecule has 1 aromatic heterocycles. The molecular weight excluding hydrogens is 296 g/mol. The number of carboxylic acids is 1. The molecule has 2 heterocycles. The Labute approximate surface area is 125 Å². The van der Waals surface area contributed by atoms with Crippen LogP contribution in [0.1, 0.15) is 16.6 Å². The summed E-state index contributed by atoms with van der Waals surface area (Å²) in [5, 5.41) is 13.3. The van der Waals surface area contributed by atoms with Crippen LogP contribution in [0.25, 0.3) is 0 Å². The van der Waals surface area contributed by atoms with Gasteiger partial charge < -0.3 is 20.1 Å². The summed E-state index contributed by atoms with van der Waals surface area (Å²) in [4.78, 5) is 36.9. The second kappa shape index (κ2) is 6.68. The molecule has 2 rings (SSSR count). The second-order valence-corrected chi connectivity index (χ2v) is 5.60. The normalized spacial score (nSPS) is 19.9. The Morgan fingerprint density at radius 2 is 2.29 bits per heavy atom. The molecule has 7 nitrogen and oxygen atoms in total. The molecule has 21 heavy (non-hydrogen) atoms. The predicted molar refractivity (Wildman–Crippen MR) is 75.2 cm³/mol. The molecule has 1 aliphatic heterocycles. The van der Waals surface area contributed by atoms with Crippen LogP contribution in [-0.2, 0) is 14.3 Å². The van der Waals surface area contributed by atoms with Gasteiger partial charge in [-0.25, -0.2) is 4.79 Å². The topological polar surface area (TPSA) is 95.9 Å². The number of carboxylic acid groups (broad SMARTS) is 1. The molecular formula is C13H16N2O5S. The Hall–Kier alpha value is -1.93. The lowest BCUT2D eigenvalue weighted by molar-refractivity contribution is -0.159. The Morgan fingerprint density at radius 3 is 2.90 bits per heavy atom. The highest BCUT2D eigenvalue weighted by molar-refractivity contribution is 7.12. The summed E-state index contributed by atoms with van der Waals surface area (Å²) in [6, 6.07) is 2.71. The van der Waals surface area contributed by atoms with Crippen molar-refractivity contribution in [2.75, 3.05) is 19.7 Å². The van der Waals surface area contributed by atoms with Gasteiger partial charge in [-0.3, -0.25) is 9.59 Å². The fourth-order valence-electron chi connectivity index (χ4n) is 2.01. The number of rotatable bonds is 4. The van der Waals surface area contributed by atoms with Crippen molar-refractivity contribution in [1.82, 2.24) is 10.2 Å². The fourth-order valence-corrected chi connectivity index (χ4v) is 2.64. The third-order valence-electron chi connectivity index (χ3n) is 3.12. The molecule has 0 saturated carbocycles. The first kappa shape index (κ1) is 15.5. The van der Waals surface area contributed by atoms with E-state index in [0.717, 1.165) is 0 Å². The van der Waals surface area contributed by atoms with Crippen molar-refractivity contribution >= 4 is 29.1 Å². The molecule has 1 aliphatic rings. The number of ether oxygens (including phenoxy) is 1. The Bertz CT molecular complexity index is 531. The third kappa shape index (κ3) is 3.79. The van der Waals surface area contributed by atoms with E-state index in [-0.39, 0.29) is 25.0 Å². The van der Waals surface area contributed by atoms with Gasteiger partial charge in [-0.1, -0.05) is 6.07 Å². The number of carbonyl (C=O) groups excluding carboxylic acids is 2. The minimum Gasteiger partial charge on any atom is -0.479 e. The predicted octanol–water partition coefficient (Wildman–Crippen LogP) is 0.178. The quantitative estimate of drug-likeness (QED) is 0.827. The molecule has 2 amide bonds. The van der Waals surface area contributed by atoms with E-state index in [1.165, 1.54) is 16.2 Å². The van der Waals surface area contributed by atoms with Crippen LogP contribution in [0.15, 0.2) is 17.5 Å². The average Bonchev–Trinajstić information content (AvgIpc) is 3.00. The minimum absolute atomic E-state index is 0.00657. The molecule has 8 heteroatoms. The lowest BCUT2D eigenvalue weighted by Crippen LogP contribution is -2.54. The first-order valence-electron chi connectivity index (χ1n) is 6.46. The fraction of sp³-hybridized carbons (Fsp3) is 0.462. The molecule has 0 spiro atoms. The summed E-state index contributed by atoms with van der Waals surface area (Å²) in [7, 11) is 0. The number of hydrogen-bond donors (Lipinski definition) is 2. The Kier molecular flexibility index (Phi) is 4.92. The van der Waals surface area contributed by atoms with Crippen molar-refractivity contribution in [2.24, 2.45) is 0 Å². The van der Waals surface area contributed by atoms with Crippen molar-refractivity contribution in [3.05, 3.63) is 22.4 Å². The standard InChI is InChI=1S/C13H16N2O5S/c1-8(14-11(16)10-3-2-6-21-10)12(17)15-4-5-20-9(7-15)13(18)19/h2-3,6,8-9H,4-5,7H2,1H3,(H,14,16)(H,18,19). The van der Waals surface area contributed by atoms with Gasteiger partial charge in [0.05, 0.1) is 18.0 Å². The highest BCUT2D eigenvalue weighted by Gasteiger charge is 2.31. The number of nitrogens with zero attached hydrogens (tertiary/aromatic N) is 1. The Morgan fingerprint density at radius 1 is 1.52 bits per heavy atom. The van der Waals surface area contributed by atoms with E-state index in [1.54, 1.807) is 24.4 Å². The summed E-state index contributed by atoms with van der Waals surface area (Å²) in [5.74, 6) is -1.72. The zero-order valence-corrected chi connectivity index (χ0v) is 12.3. The largest absolute Gasteiger partial charge is 0.479 e.